The molecule has 20 heavy (non-hydrogen) atoms. The molecule has 3 aromatic rings. The van der Waals surface area contributed by atoms with E-state index >= 15 is 0 Å². The van der Waals surface area contributed by atoms with Crippen molar-refractivity contribution in [1.29, 1.82) is 0 Å². The van der Waals surface area contributed by atoms with Crippen molar-refractivity contribution in [1.82, 2.24) is 4.57 Å². The predicted molar refractivity (Wildman–Crippen MR) is 84.7 cm³/mol. The van der Waals surface area contributed by atoms with Gasteiger partial charge in [-0.05, 0) is 36.6 Å². The fraction of sp³-hybridized carbons (Fsp3) is 0.188. The van der Waals surface area contributed by atoms with E-state index in [1.165, 1.54) is 0 Å². The van der Waals surface area contributed by atoms with E-state index in [1.54, 1.807) is 16.2 Å². The quantitative estimate of drug-likeness (QED) is 0.713. The van der Waals surface area contributed by atoms with Crippen molar-refractivity contribution >= 4 is 33.1 Å². The molecule has 102 valence electrons. The minimum Gasteiger partial charge on any atom is -0.336 e. The molecule has 3 nitrogen and oxygen atoms in total. The number of aryl methyl sites for hydroxylation is 1. The van der Waals surface area contributed by atoms with Crippen LogP contribution in [0.1, 0.15) is 17.4 Å². The van der Waals surface area contributed by atoms with Gasteiger partial charge in [0.25, 0.3) is 5.91 Å². The molecule has 3 rings (SSSR count). The number of hydrogen-bond donors (Lipinski definition) is 0. The molecule has 0 radical (unpaired) electrons. The van der Waals surface area contributed by atoms with Crippen LogP contribution in [-0.2, 0) is 6.54 Å². The molecule has 0 spiro atoms. The van der Waals surface area contributed by atoms with Crippen LogP contribution in [0.4, 0.5) is 5.69 Å². The Labute approximate surface area is 122 Å². The average molecular weight is 284 g/mol. The number of amides is 1. The van der Waals surface area contributed by atoms with Gasteiger partial charge in [-0.3, -0.25) is 4.79 Å². The third-order valence-electron chi connectivity index (χ3n) is 3.51. The molecule has 1 aromatic carbocycles. The molecule has 1 amide bonds. The molecule has 0 saturated heterocycles. The number of nitrogens with zero attached hydrogens (tertiary/aromatic N) is 2. The van der Waals surface area contributed by atoms with Gasteiger partial charge in [-0.25, -0.2) is 0 Å². The van der Waals surface area contributed by atoms with E-state index in [-0.39, 0.29) is 5.91 Å². The summed E-state index contributed by atoms with van der Waals surface area (Å²) >= 11 is 1.67. The maximum Gasteiger partial charge on any atom is 0.274 e. The first kappa shape index (κ1) is 12.9. The third-order valence-corrected chi connectivity index (χ3v) is 4.36. The lowest BCUT2D eigenvalue weighted by atomic mass is 10.2. The highest BCUT2D eigenvalue weighted by Crippen LogP contribution is 2.26. The van der Waals surface area contributed by atoms with E-state index in [0.717, 1.165) is 28.1 Å². The highest BCUT2D eigenvalue weighted by molar-refractivity contribution is 7.17. The lowest BCUT2D eigenvalue weighted by Gasteiger charge is -2.18. The van der Waals surface area contributed by atoms with Crippen LogP contribution in [0.3, 0.4) is 0 Å². The molecule has 2 aromatic heterocycles. The Kier molecular flexibility index (Phi) is 3.32. The molecular formula is C16H16N2OS. The van der Waals surface area contributed by atoms with Crippen LogP contribution in [0.2, 0.25) is 0 Å². The smallest absolute Gasteiger partial charge is 0.274 e. The maximum atomic E-state index is 12.7. The highest BCUT2D eigenvalue weighted by Gasteiger charge is 2.19. The summed E-state index contributed by atoms with van der Waals surface area (Å²) in [4.78, 5) is 14.4. The zero-order valence-corrected chi connectivity index (χ0v) is 12.4. The third kappa shape index (κ3) is 2.02. The summed E-state index contributed by atoms with van der Waals surface area (Å²) in [5.41, 5.74) is 2.80. The van der Waals surface area contributed by atoms with Crippen LogP contribution in [0.5, 0.6) is 0 Å². The Balaban J connectivity index is 2.02. The Bertz CT molecular complexity index is 742. The predicted octanol–water partition coefficient (Wildman–Crippen LogP) is 4.00. The van der Waals surface area contributed by atoms with Gasteiger partial charge in [0.15, 0.2) is 0 Å². The molecule has 4 heteroatoms. The topological polar surface area (TPSA) is 25.2 Å². The number of aromatic nitrogens is 1. The van der Waals surface area contributed by atoms with E-state index in [2.05, 4.69) is 22.9 Å². The molecule has 0 fully saturated rings. The van der Waals surface area contributed by atoms with Gasteiger partial charge in [-0.2, -0.15) is 0 Å². The van der Waals surface area contributed by atoms with E-state index in [1.807, 2.05) is 43.4 Å². The molecule has 0 N–H and O–H groups in total. The van der Waals surface area contributed by atoms with Crippen LogP contribution in [0.15, 0.2) is 47.8 Å². The van der Waals surface area contributed by atoms with Gasteiger partial charge < -0.3 is 9.47 Å². The summed E-state index contributed by atoms with van der Waals surface area (Å²) in [5.74, 6) is 0.0291. The van der Waals surface area contributed by atoms with Crippen LogP contribution < -0.4 is 4.90 Å². The second kappa shape index (κ2) is 5.13. The van der Waals surface area contributed by atoms with Gasteiger partial charge >= 0.3 is 0 Å². The normalized spacial score (nSPS) is 10.9. The largest absolute Gasteiger partial charge is 0.336 e. The second-order valence-corrected chi connectivity index (χ2v) is 5.59. The minimum atomic E-state index is 0.0291. The van der Waals surface area contributed by atoms with Gasteiger partial charge in [0, 0.05) is 19.3 Å². The molecular weight excluding hydrogens is 268 g/mol. The molecule has 0 unspecified atom stereocenters. The number of thiophene rings is 1. The average Bonchev–Trinajstić information content (AvgIpc) is 3.06. The maximum absolute atomic E-state index is 12.7. The number of rotatable bonds is 3. The van der Waals surface area contributed by atoms with Crippen LogP contribution in [0.25, 0.3) is 10.2 Å². The summed E-state index contributed by atoms with van der Waals surface area (Å²) in [5, 5.41) is 2.06. The fourth-order valence-electron chi connectivity index (χ4n) is 2.44. The summed E-state index contributed by atoms with van der Waals surface area (Å²) in [6.07, 6.45) is 0. The fourth-order valence-corrected chi connectivity index (χ4v) is 3.26. The Morgan fingerprint density at radius 2 is 2.00 bits per heavy atom. The Morgan fingerprint density at radius 3 is 2.70 bits per heavy atom. The highest BCUT2D eigenvalue weighted by atomic mass is 32.1. The zero-order chi connectivity index (χ0) is 14.1. The number of anilines is 1. The molecule has 0 atom stereocenters. The van der Waals surface area contributed by atoms with E-state index in [4.69, 9.17) is 0 Å². The van der Waals surface area contributed by atoms with Gasteiger partial charge in [-0.15, -0.1) is 11.3 Å². The summed E-state index contributed by atoms with van der Waals surface area (Å²) in [6, 6.07) is 13.8. The number of carbonyl (C=O) groups is 1. The Morgan fingerprint density at radius 1 is 1.25 bits per heavy atom. The SMILES string of the molecule is CCn1c(C(=O)N(C)c2ccccc2)cc2sccc21. The van der Waals surface area contributed by atoms with Crippen LogP contribution in [-0.4, -0.2) is 17.5 Å². The van der Waals surface area contributed by atoms with E-state index in [0.29, 0.717) is 0 Å². The molecule has 0 aliphatic heterocycles. The summed E-state index contributed by atoms with van der Waals surface area (Å²) in [6.45, 7) is 2.86. The summed E-state index contributed by atoms with van der Waals surface area (Å²) < 4.78 is 3.24. The van der Waals surface area contributed by atoms with E-state index < -0.39 is 0 Å². The van der Waals surface area contributed by atoms with Crippen molar-refractivity contribution in [3.8, 4) is 0 Å². The van der Waals surface area contributed by atoms with Crippen molar-refractivity contribution in [2.75, 3.05) is 11.9 Å². The van der Waals surface area contributed by atoms with Crippen LogP contribution >= 0.6 is 11.3 Å². The molecule has 0 saturated carbocycles. The van der Waals surface area contributed by atoms with Crippen molar-refractivity contribution in [2.24, 2.45) is 0 Å². The number of fused-ring (bicyclic) bond motifs is 1. The van der Waals surface area contributed by atoms with Gasteiger partial charge in [-0.1, -0.05) is 18.2 Å². The van der Waals surface area contributed by atoms with Crippen molar-refractivity contribution < 1.29 is 4.79 Å². The first-order chi connectivity index (χ1) is 9.72. The Hall–Kier alpha value is -2.07. The first-order valence-electron chi connectivity index (χ1n) is 6.62. The lowest BCUT2D eigenvalue weighted by Crippen LogP contribution is -2.28. The molecule has 0 bridgehead atoms. The summed E-state index contributed by atoms with van der Waals surface area (Å²) in [7, 11) is 1.82. The molecule has 2 heterocycles. The van der Waals surface area contributed by atoms with Crippen LogP contribution in [0, 0.1) is 0 Å². The standard InChI is InChI=1S/C16H16N2OS/c1-3-18-13-9-10-20-15(13)11-14(18)16(19)17(2)12-7-5-4-6-8-12/h4-11H,3H2,1-2H3. The minimum absolute atomic E-state index is 0.0291. The number of carbonyl (C=O) groups excluding carboxylic acids is 1. The van der Waals surface area contributed by atoms with Crippen molar-refractivity contribution in [3.05, 3.63) is 53.5 Å². The van der Waals surface area contributed by atoms with Crippen molar-refractivity contribution in [3.63, 3.8) is 0 Å². The van der Waals surface area contributed by atoms with E-state index in [9.17, 15) is 4.79 Å². The van der Waals surface area contributed by atoms with Gasteiger partial charge in [0.05, 0.1) is 10.2 Å². The van der Waals surface area contributed by atoms with Gasteiger partial charge in [0.1, 0.15) is 5.69 Å². The first-order valence-corrected chi connectivity index (χ1v) is 7.50. The number of para-hydroxylation sites is 1. The zero-order valence-electron chi connectivity index (χ0n) is 11.5. The lowest BCUT2D eigenvalue weighted by molar-refractivity contribution is 0.0984. The molecule has 0 aliphatic rings. The van der Waals surface area contributed by atoms with Gasteiger partial charge in [0.2, 0.25) is 0 Å². The number of hydrogen-bond acceptors (Lipinski definition) is 2. The van der Waals surface area contributed by atoms with Crippen molar-refractivity contribution in [2.45, 2.75) is 13.5 Å². The second-order valence-electron chi connectivity index (χ2n) is 4.64. The monoisotopic (exact) mass is 284 g/mol. The number of benzene rings is 1. The molecule has 0 aliphatic carbocycles.